The Morgan fingerprint density at radius 1 is 1.10 bits per heavy atom. The van der Waals surface area contributed by atoms with Crippen LogP contribution < -0.4 is 4.87 Å². The van der Waals surface area contributed by atoms with Crippen LogP contribution in [0.1, 0.15) is 44.9 Å². The minimum atomic E-state index is -3.64. The average Bonchev–Trinajstić information content (AvgIpc) is 3.06. The minimum absolute atomic E-state index is 0.106. The van der Waals surface area contributed by atoms with E-state index >= 15 is 0 Å². The van der Waals surface area contributed by atoms with E-state index < -0.39 is 10.0 Å². The van der Waals surface area contributed by atoms with Crippen molar-refractivity contribution in [2.75, 3.05) is 20.1 Å². The van der Waals surface area contributed by atoms with Gasteiger partial charge in [-0.25, -0.2) is 8.42 Å². The maximum atomic E-state index is 13.1. The van der Waals surface area contributed by atoms with Crippen LogP contribution in [0.15, 0.2) is 27.9 Å². The van der Waals surface area contributed by atoms with Crippen LogP contribution in [0.5, 0.6) is 0 Å². The molecule has 9 heteroatoms. The molecule has 1 saturated heterocycles. The lowest BCUT2D eigenvalue weighted by Crippen LogP contribution is -2.46. The van der Waals surface area contributed by atoms with Crippen LogP contribution in [0.2, 0.25) is 0 Å². The standard InChI is InChI=1S/C21H29N3O4S2/c1-22(16-6-4-3-5-7-16)20(25)15-10-12-24(13-11-15)30(27,28)17-8-9-18-19(14-17)29-21(26)23(18)2/h8-9,14-16H,3-7,10-13H2,1-2H3. The van der Waals surface area contributed by atoms with E-state index in [2.05, 4.69) is 0 Å². The summed E-state index contributed by atoms with van der Waals surface area (Å²) in [6.45, 7) is 0.695. The Kier molecular flexibility index (Phi) is 6.05. The second kappa shape index (κ2) is 8.43. The van der Waals surface area contributed by atoms with Crippen LogP contribution in [0.3, 0.4) is 0 Å². The van der Waals surface area contributed by atoms with Gasteiger partial charge in [0.2, 0.25) is 15.9 Å². The molecule has 1 aromatic heterocycles. The SMILES string of the molecule is CN(C(=O)C1CCN(S(=O)(=O)c2ccc3c(c2)sc(=O)n3C)CC1)C1CCCCC1. The number of carbonyl (C=O) groups is 1. The quantitative estimate of drug-likeness (QED) is 0.716. The molecule has 4 rings (SSSR count). The predicted octanol–water partition coefficient (Wildman–Crippen LogP) is 2.79. The summed E-state index contributed by atoms with van der Waals surface area (Å²) in [7, 11) is -0.0564. The van der Waals surface area contributed by atoms with E-state index in [4.69, 9.17) is 0 Å². The summed E-state index contributed by atoms with van der Waals surface area (Å²) < 4.78 is 29.9. The topological polar surface area (TPSA) is 79.7 Å². The highest BCUT2D eigenvalue weighted by atomic mass is 32.2. The number of amides is 1. The Bertz CT molecular complexity index is 1090. The predicted molar refractivity (Wildman–Crippen MR) is 118 cm³/mol. The first-order chi connectivity index (χ1) is 14.3. The molecule has 2 aromatic rings. The maximum absolute atomic E-state index is 13.1. The van der Waals surface area contributed by atoms with Gasteiger partial charge in [-0.2, -0.15) is 4.31 Å². The van der Waals surface area contributed by atoms with E-state index in [0.717, 1.165) is 29.7 Å². The molecule has 0 radical (unpaired) electrons. The largest absolute Gasteiger partial charge is 0.343 e. The Morgan fingerprint density at radius 2 is 1.77 bits per heavy atom. The van der Waals surface area contributed by atoms with Crippen molar-refractivity contribution in [2.45, 2.75) is 55.9 Å². The van der Waals surface area contributed by atoms with Crippen LogP contribution in [0.4, 0.5) is 0 Å². The molecule has 1 amide bonds. The molecule has 164 valence electrons. The number of fused-ring (bicyclic) bond motifs is 1. The lowest BCUT2D eigenvalue weighted by atomic mass is 9.91. The molecular formula is C21H29N3O4S2. The van der Waals surface area contributed by atoms with Gasteiger partial charge in [0, 0.05) is 39.1 Å². The van der Waals surface area contributed by atoms with Crippen molar-refractivity contribution in [3.05, 3.63) is 27.9 Å². The number of aromatic nitrogens is 1. The summed E-state index contributed by atoms with van der Waals surface area (Å²) in [5.74, 6) is 0.0552. The second-order valence-corrected chi connectivity index (χ2v) is 11.4. The third-order valence-corrected chi connectivity index (χ3v) is 9.56. The van der Waals surface area contributed by atoms with Gasteiger partial charge < -0.3 is 9.47 Å². The van der Waals surface area contributed by atoms with Crippen molar-refractivity contribution >= 4 is 37.5 Å². The van der Waals surface area contributed by atoms with Crippen molar-refractivity contribution in [3.8, 4) is 0 Å². The van der Waals surface area contributed by atoms with E-state index in [9.17, 15) is 18.0 Å². The number of carbonyl (C=O) groups excluding carboxylic acids is 1. The first kappa shape index (κ1) is 21.5. The fourth-order valence-corrected chi connectivity index (χ4v) is 7.19. The van der Waals surface area contributed by atoms with Gasteiger partial charge in [-0.05, 0) is 43.9 Å². The molecule has 0 spiro atoms. The van der Waals surface area contributed by atoms with Gasteiger partial charge in [-0.3, -0.25) is 9.59 Å². The molecule has 7 nitrogen and oxygen atoms in total. The Labute approximate surface area is 181 Å². The molecule has 2 fully saturated rings. The van der Waals surface area contributed by atoms with E-state index in [1.807, 2.05) is 11.9 Å². The summed E-state index contributed by atoms with van der Waals surface area (Å²) in [6.07, 6.45) is 6.86. The molecule has 2 aliphatic rings. The Balaban J connectivity index is 1.44. The van der Waals surface area contributed by atoms with Crippen molar-refractivity contribution < 1.29 is 13.2 Å². The number of hydrogen-bond acceptors (Lipinski definition) is 5. The van der Waals surface area contributed by atoms with Gasteiger partial charge >= 0.3 is 4.87 Å². The van der Waals surface area contributed by atoms with Crippen LogP contribution >= 0.6 is 11.3 Å². The molecule has 2 heterocycles. The number of rotatable bonds is 4. The first-order valence-corrected chi connectivity index (χ1v) is 12.9. The van der Waals surface area contributed by atoms with Gasteiger partial charge in [0.05, 0.1) is 15.1 Å². The van der Waals surface area contributed by atoms with E-state index in [0.29, 0.717) is 36.7 Å². The van der Waals surface area contributed by atoms with Gasteiger partial charge in [0.15, 0.2) is 0 Å². The van der Waals surface area contributed by atoms with Gasteiger partial charge in [0.1, 0.15) is 0 Å². The van der Waals surface area contributed by atoms with E-state index in [1.165, 1.54) is 28.1 Å². The third kappa shape index (κ3) is 3.94. The smallest absolute Gasteiger partial charge is 0.307 e. The molecule has 0 unspecified atom stereocenters. The Hall–Kier alpha value is -1.71. The number of piperidine rings is 1. The fourth-order valence-electron chi connectivity index (χ4n) is 4.70. The highest BCUT2D eigenvalue weighted by Crippen LogP contribution is 2.29. The fraction of sp³-hybridized carbons (Fsp3) is 0.619. The lowest BCUT2D eigenvalue weighted by molar-refractivity contribution is -0.138. The number of benzene rings is 1. The molecule has 1 aliphatic heterocycles. The number of sulfonamides is 1. The summed E-state index contributed by atoms with van der Waals surface area (Å²) in [6, 6.07) is 5.18. The third-order valence-electron chi connectivity index (χ3n) is 6.67. The Morgan fingerprint density at radius 3 is 2.43 bits per heavy atom. The second-order valence-electron chi connectivity index (χ2n) is 8.48. The molecule has 1 saturated carbocycles. The monoisotopic (exact) mass is 451 g/mol. The van der Waals surface area contributed by atoms with Crippen LogP contribution in [0, 0.1) is 5.92 Å². The number of aryl methyl sites for hydroxylation is 1. The van der Waals surface area contributed by atoms with Crippen LogP contribution in [-0.4, -0.2) is 54.3 Å². The van der Waals surface area contributed by atoms with Gasteiger partial charge in [-0.15, -0.1) is 0 Å². The first-order valence-electron chi connectivity index (χ1n) is 10.7. The highest BCUT2D eigenvalue weighted by molar-refractivity contribution is 7.89. The van der Waals surface area contributed by atoms with Crippen molar-refractivity contribution in [2.24, 2.45) is 13.0 Å². The maximum Gasteiger partial charge on any atom is 0.307 e. The lowest BCUT2D eigenvalue weighted by Gasteiger charge is -2.36. The molecule has 30 heavy (non-hydrogen) atoms. The summed E-state index contributed by atoms with van der Waals surface area (Å²) in [5.41, 5.74) is 0.735. The molecular weight excluding hydrogens is 422 g/mol. The summed E-state index contributed by atoms with van der Waals surface area (Å²) >= 11 is 1.05. The summed E-state index contributed by atoms with van der Waals surface area (Å²) in [5, 5.41) is 0. The van der Waals surface area contributed by atoms with Crippen LogP contribution in [0.25, 0.3) is 10.2 Å². The van der Waals surface area contributed by atoms with Crippen LogP contribution in [-0.2, 0) is 21.9 Å². The van der Waals surface area contributed by atoms with E-state index in [-0.39, 0.29) is 21.6 Å². The average molecular weight is 452 g/mol. The molecule has 1 aromatic carbocycles. The van der Waals surface area contributed by atoms with Crippen molar-refractivity contribution in [1.29, 1.82) is 0 Å². The van der Waals surface area contributed by atoms with Gasteiger partial charge in [0.25, 0.3) is 0 Å². The highest BCUT2D eigenvalue weighted by Gasteiger charge is 2.35. The zero-order chi connectivity index (χ0) is 21.5. The zero-order valence-corrected chi connectivity index (χ0v) is 19.2. The zero-order valence-electron chi connectivity index (χ0n) is 17.5. The molecule has 0 N–H and O–H groups in total. The van der Waals surface area contributed by atoms with E-state index in [1.54, 1.807) is 25.2 Å². The number of hydrogen-bond donors (Lipinski definition) is 0. The molecule has 0 atom stereocenters. The number of nitrogens with zero attached hydrogens (tertiary/aromatic N) is 3. The minimum Gasteiger partial charge on any atom is -0.343 e. The molecule has 1 aliphatic carbocycles. The van der Waals surface area contributed by atoms with Gasteiger partial charge in [-0.1, -0.05) is 30.6 Å². The number of thiazole rings is 1. The normalized spacial score (nSPS) is 19.9. The molecule has 0 bridgehead atoms. The van der Waals surface area contributed by atoms with Crippen molar-refractivity contribution in [3.63, 3.8) is 0 Å². The summed E-state index contributed by atoms with van der Waals surface area (Å²) in [4.78, 5) is 26.8. The van der Waals surface area contributed by atoms with Crippen molar-refractivity contribution in [1.82, 2.24) is 13.8 Å².